The first-order valence-electron chi connectivity index (χ1n) is 17.7. The minimum absolute atomic E-state index is 0.125. The second-order valence-corrected chi connectivity index (χ2v) is 13.8. The number of hydrogen-bond donors (Lipinski definition) is 1. The summed E-state index contributed by atoms with van der Waals surface area (Å²) in [5.74, 6) is -0.886. The Hall–Kier alpha value is -3.06. The molecule has 1 aromatic heterocycles. The highest BCUT2D eigenvalue weighted by molar-refractivity contribution is 5.73. The zero-order valence-electron chi connectivity index (χ0n) is 29.7. The van der Waals surface area contributed by atoms with E-state index in [4.69, 9.17) is 14.5 Å². The van der Waals surface area contributed by atoms with Crippen LogP contribution in [-0.4, -0.2) is 53.3 Å². The van der Waals surface area contributed by atoms with Crippen LogP contribution in [0.5, 0.6) is 0 Å². The second kappa shape index (κ2) is 16.9. The van der Waals surface area contributed by atoms with Crippen LogP contribution in [0.4, 0.5) is 4.39 Å². The molecule has 1 aliphatic carbocycles. The van der Waals surface area contributed by atoms with Crippen molar-refractivity contribution < 1.29 is 19.0 Å². The Morgan fingerprint density at radius 3 is 2.62 bits per heavy atom. The number of pyridine rings is 1. The molecule has 6 heteroatoms. The molecule has 0 bridgehead atoms. The van der Waals surface area contributed by atoms with Gasteiger partial charge in [-0.3, -0.25) is 4.98 Å². The van der Waals surface area contributed by atoms with Gasteiger partial charge in [0.2, 0.25) is 0 Å². The summed E-state index contributed by atoms with van der Waals surface area (Å²) in [5, 5.41) is 10.9. The minimum atomic E-state index is -1.46. The molecule has 0 saturated heterocycles. The molecule has 4 rings (SSSR count). The first-order valence-corrected chi connectivity index (χ1v) is 17.7. The van der Waals surface area contributed by atoms with Crippen LogP contribution in [0.15, 0.2) is 78.6 Å². The van der Waals surface area contributed by atoms with Gasteiger partial charge in [-0.1, -0.05) is 62.4 Å². The Labute approximate surface area is 283 Å². The van der Waals surface area contributed by atoms with Crippen molar-refractivity contribution in [3.8, 4) is 11.3 Å². The van der Waals surface area contributed by atoms with Crippen molar-refractivity contribution >= 4 is 5.70 Å². The van der Waals surface area contributed by atoms with Crippen molar-refractivity contribution in [2.45, 2.75) is 110 Å². The minimum Gasteiger partial charge on any atom is -0.371 e. The van der Waals surface area contributed by atoms with Gasteiger partial charge in [0.1, 0.15) is 6.17 Å². The van der Waals surface area contributed by atoms with Crippen molar-refractivity contribution in [2.24, 2.45) is 5.92 Å². The van der Waals surface area contributed by atoms with Gasteiger partial charge in [-0.15, -0.1) is 0 Å². The molecule has 3 atom stereocenters. The topological polar surface area (TPSA) is 54.8 Å². The van der Waals surface area contributed by atoms with Crippen molar-refractivity contribution in [3.63, 3.8) is 0 Å². The lowest BCUT2D eigenvalue weighted by atomic mass is 9.86. The summed E-state index contributed by atoms with van der Waals surface area (Å²) in [6.45, 7) is 18.0. The Bertz CT molecular complexity index is 1420. The molecule has 256 valence electrons. The number of nitrogens with zero attached hydrogens (tertiary/aromatic N) is 2. The number of aromatic nitrogens is 1. The first-order chi connectivity index (χ1) is 22.5. The van der Waals surface area contributed by atoms with Crippen LogP contribution < -0.4 is 0 Å². The molecule has 1 fully saturated rings. The predicted molar refractivity (Wildman–Crippen MR) is 193 cm³/mol. The Morgan fingerprint density at radius 2 is 1.94 bits per heavy atom. The van der Waals surface area contributed by atoms with E-state index in [1.807, 2.05) is 12.3 Å². The lowest BCUT2D eigenvalue weighted by Gasteiger charge is -2.33. The van der Waals surface area contributed by atoms with Gasteiger partial charge in [-0.05, 0) is 114 Å². The van der Waals surface area contributed by atoms with Crippen LogP contribution in [-0.2, 0) is 15.1 Å². The summed E-state index contributed by atoms with van der Waals surface area (Å²) in [5.41, 5.74) is 8.74. The van der Waals surface area contributed by atoms with Gasteiger partial charge in [0.25, 0.3) is 0 Å². The summed E-state index contributed by atoms with van der Waals surface area (Å²) in [7, 11) is 0. The van der Waals surface area contributed by atoms with Gasteiger partial charge < -0.3 is 19.5 Å². The molecular weight excluding hydrogens is 587 g/mol. The van der Waals surface area contributed by atoms with Gasteiger partial charge in [0.15, 0.2) is 5.79 Å². The third kappa shape index (κ3) is 9.74. The van der Waals surface area contributed by atoms with Crippen LogP contribution in [0.3, 0.4) is 0 Å². The average molecular weight is 645 g/mol. The molecule has 1 aliphatic heterocycles. The van der Waals surface area contributed by atoms with Crippen molar-refractivity contribution in [1.82, 2.24) is 9.88 Å². The van der Waals surface area contributed by atoms with Crippen molar-refractivity contribution in [2.75, 3.05) is 26.3 Å². The third-order valence-electron chi connectivity index (χ3n) is 9.49. The normalized spacial score (nSPS) is 23.8. The van der Waals surface area contributed by atoms with E-state index in [2.05, 4.69) is 87.7 Å². The highest BCUT2D eigenvalue weighted by Crippen LogP contribution is 2.41. The van der Waals surface area contributed by atoms with Crippen LogP contribution in [0, 0.1) is 12.8 Å². The molecule has 5 nitrogen and oxygen atoms in total. The van der Waals surface area contributed by atoms with Crippen LogP contribution in [0.1, 0.15) is 103 Å². The number of benzene rings is 1. The summed E-state index contributed by atoms with van der Waals surface area (Å²) < 4.78 is 25.4. The summed E-state index contributed by atoms with van der Waals surface area (Å²) >= 11 is 0. The number of aliphatic hydroxyl groups is 1. The number of halogens is 1. The van der Waals surface area contributed by atoms with E-state index in [1.165, 1.54) is 18.1 Å². The number of rotatable bonds is 12. The average Bonchev–Trinajstić information content (AvgIpc) is 3.22. The number of alkyl halides is 1. The Kier molecular flexibility index (Phi) is 13.2. The fraction of sp³-hybridized carbons (Fsp3) is 0.537. The molecule has 1 saturated carbocycles. The van der Waals surface area contributed by atoms with Crippen molar-refractivity contribution in [3.05, 3.63) is 95.2 Å². The molecule has 0 spiro atoms. The van der Waals surface area contributed by atoms with E-state index < -0.39 is 12.0 Å². The maximum absolute atomic E-state index is 13.4. The van der Waals surface area contributed by atoms with E-state index in [-0.39, 0.29) is 12.2 Å². The fourth-order valence-corrected chi connectivity index (χ4v) is 7.11. The monoisotopic (exact) mass is 644 g/mol. The van der Waals surface area contributed by atoms with Crippen LogP contribution >= 0.6 is 0 Å². The largest absolute Gasteiger partial charge is 0.371 e. The van der Waals surface area contributed by atoms with E-state index in [0.717, 1.165) is 86.1 Å². The number of ether oxygens (including phenoxy) is 2. The number of aryl methyl sites for hydroxylation is 1. The predicted octanol–water partition coefficient (Wildman–Crippen LogP) is 9.86. The van der Waals surface area contributed by atoms with Crippen LogP contribution in [0.2, 0.25) is 0 Å². The number of allylic oxidation sites excluding steroid dienone is 4. The quantitative estimate of drug-likeness (QED) is 0.108. The standard InChI is InChI=1S/C41H57FN2O3/c1-8-13-39(44-24-11-15-35(16-12-25-44)40(7,45)47-29-32(6)42)37-27-34(18-17-31(37)5)38-20-19-36(28-43-38)41(46-9-2)22-10-14-33(21-23-41)26-30(3)4/h8,13,15,17-20,26-28,30,32,45H,1,9-12,14,16,21-25,29H2,2-7H3/b33-26-,35-15-,39-13+/t32-,40?,41?/m0/s1. The lowest BCUT2D eigenvalue weighted by molar-refractivity contribution is -0.171. The lowest BCUT2D eigenvalue weighted by Crippen LogP contribution is -2.35. The third-order valence-corrected chi connectivity index (χ3v) is 9.49. The van der Waals surface area contributed by atoms with Crippen molar-refractivity contribution in [1.29, 1.82) is 0 Å². The summed E-state index contributed by atoms with van der Waals surface area (Å²) in [6.07, 6.45) is 16.9. The van der Waals surface area contributed by atoms with Gasteiger partial charge in [0.05, 0.1) is 17.9 Å². The first kappa shape index (κ1) is 36.8. The molecule has 2 heterocycles. The smallest absolute Gasteiger partial charge is 0.185 e. The van der Waals surface area contributed by atoms with Gasteiger partial charge in [-0.25, -0.2) is 4.39 Å². The van der Waals surface area contributed by atoms with E-state index >= 15 is 0 Å². The SMILES string of the molecule is C=C/C=C(\c1cc(-c2ccc(C3(OCC)CCC/C(=C/C(C)C)CC3)cn2)ccc1C)N1CC/C=C(\C(C)(O)OC[C@H](C)F)CCC1. The van der Waals surface area contributed by atoms with Crippen LogP contribution in [0.25, 0.3) is 17.0 Å². The molecule has 0 amide bonds. The number of hydrogen-bond acceptors (Lipinski definition) is 5. The second-order valence-electron chi connectivity index (χ2n) is 13.8. The summed E-state index contributed by atoms with van der Waals surface area (Å²) in [6, 6.07) is 11.0. The highest BCUT2D eigenvalue weighted by atomic mass is 19.1. The molecule has 47 heavy (non-hydrogen) atoms. The highest BCUT2D eigenvalue weighted by Gasteiger charge is 2.35. The molecule has 2 aliphatic rings. The molecule has 2 unspecified atom stereocenters. The summed E-state index contributed by atoms with van der Waals surface area (Å²) in [4.78, 5) is 7.41. The molecular formula is C41H57FN2O3. The molecule has 2 aromatic rings. The Balaban J connectivity index is 1.56. The molecule has 0 radical (unpaired) electrons. The molecule has 1 aromatic carbocycles. The zero-order valence-corrected chi connectivity index (χ0v) is 29.7. The fourth-order valence-electron chi connectivity index (χ4n) is 7.11. The zero-order chi connectivity index (χ0) is 34.0. The van der Waals surface area contributed by atoms with Gasteiger partial charge >= 0.3 is 0 Å². The van der Waals surface area contributed by atoms with Gasteiger partial charge in [0, 0.05) is 48.3 Å². The Morgan fingerprint density at radius 1 is 1.13 bits per heavy atom. The van der Waals surface area contributed by atoms with Gasteiger partial charge in [-0.2, -0.15) is 0 Å². The van der Waals surface area contributed by atoms with E-state index in [1.54, 1.807) is 12.5 Å². The maximum Gasteiger partial charge on any atom is 0.185 e. The van der Waals surface area contributed by atoms with E-state index in [0.29, 0.717) is 18.9 Å². The van der Waals surface area contributed by atoms with E-state index in [9.17, 15) is 9.50 Å². The molecule has 1 N–H and O–H groups in total. The maximum atomic E-state index is 13.4.